The predicted octanol–water partition coefficient (Wildman–Crippen LogP) is 3.56. The molecule has 6 heteroatoms. The monoisotopic (exact) mass is 411 g/mol. The van der Waals surface area contributed by atoms with Gasteiger partial charge in [-0.3, -0.25) is 4.99 Å². The van der Waals surface area contributed by atoms with E-state index >= 15 is 0 Å². The van der Waals surface area contributed by atoms with Crippen molar-refractivity contribution in [1.82, 2.24) is 10.6 Å². The van der Waals surface area contributed by atoms with Crippen LogP contribution >= 0.6 is 0 Å². The molecule has 162 valence electrons. The number of ether oxygens (including phenoxy) is 2. The van der Waals surface area contributed by atoms with Gasteiger partial charge in [0.05, 0.1) is 6.10 Å². The standard InChI is InChI=1S/C24H33N3O3/c1-18-7-10-20(23(15-18)30-17-22-6-4-14-29-22)16-27-24(25-2)26-13-3-5-19-8-11-21(28)12-9-19/h7-12,15,22,28H,3-6,13-14,16-17H2,1-2H3,(H2,25,26,27). The molecule has 0 aliphatic carbocycles. The second-order valence-electron chi connectivity index (χ2n) is 7.68. The highest BCUT2D eigenvalue weighted by Crippen LogP contribution is 2.22. The third-order valence-corrected chi connectivity index (χ3v) is 5.21. The molecule has 3 rings (SSSR count). The number of aliphatic imine (C=N–C) groups is 1. The van der Waals surface area contributed by atoms with E-state index in [-0.39, 0.29) is 6.10 Å². The average molecular weight is 412 g/mol. The Morgan fingerprint density at radius 3 is 2.77 bits per heavy atom. The van der Waals surface area contributed by atoms with E-state index in [4.69, 9.17) is 9.47 Å². The molecule has 0 aromatic heterocycles. The molecule has 1 heterocycles. The van der Waals surface area contributed by atoms with Crippen LogP contribution in [0.5, 0.6) is 11.5 Å². The van der Waals surface area contributed by atoms with Gasteiger partial charge in [0.2, 0.25) is 0 Å². The molecule has 0 spiro atoms. The summed E-state index contributed by atoms with van der Waals surface area (Å²) < 4.78 is 11.8. The Bertz CT molecular complexity index is 815. The third kappa shape index (κ3) is 6.95. The first kappa shape index (κ1) is 22.0. The van der Waals surface area contributed by atoms with Gasteiger partial charge in [0, 0.05) is 32.3 Å². The van der Waals surface area contributed by atoms with Crippen molar-refractivity contribution in [3.05, 3.63) is 59.2 Å². The largest absolute Gasteiger partial charge is 0.508 e. The molecule has 2 aromatic carbocycles. The van der Waals surface area contributed by atoms with E-state index in [0.29, 0.717) is 18.9 Å². The fourth-order valence-corrected chi connectivity index (χ4v) is 3.46. The van der Waals surface area contributed by atoms with Crippen LogP contribution in [-0.2, 0) is 17.7 Å². The van der Waals surface area contributed by atoms with E-state index in [1.165, 1.54) is 11.1 Å². The van der Waals surface area contributed by atoms with Gasteiger partial charge in [0.25, 0.3) is 0 Å². The zero-order valence-corrected chi connectivity index (χ0v) is 18.0. The van der Waals surface area contributed by atoms with Crippen LogP contribution in [0.3, 0.4) is 0 Å². The van der Waals surface area contributed by atoms with Gasteiger partial charge in [0.1, 0.15) is 18.1 Å². The quantitative estimate of drug-likeness (QED) is 0.334. The zero-order valence-electron chi connectivity index (χ0n) is 18.0. The number of aromatic hydroxyl groups is 1. The van der Waals surface area contributed by atoms with Crippen LogP contribution in [-0.4, -0.2) is 44.0 Å². The molecule has 0 bridgehead atoms. The van der Waals surface area contributed by atoms with Crippen molar-refractivity contribution in [2.45, 2.75) is 45.3 Å². The number of guanidine groups is 1. The van der Waals surface area contributed by atoms with E-state index in [1.807, 2.05) is 12.1 Å². The van der Waals surface area contributed by atoms with E-state index in [9.17, 15) is 5.11 Å². The molecule has 3 N–H and O–H groups in total. The summed E-state index contributed by atoms with van der Waals surface area (Å²) in [6, 6.07) is 13.7. The van der Waals surface area contributed by atoms with Crippen LogP contribution < -0.4 is 15.4 Å². The summed E-state index contributed by atoms with van der Waals surface area (Å²) in [5.41, 5.74) is 3.49. The van der Waals surface area contributed by atoms with E-state index in [0.717, 1.165) is 56.1 Å². The Hall–Kier alpha value is -2.73. The third-order valence-electron chi connectivity index (χ3n) is 5.21. The van der Waals surface area contributed by atoms with Crippen LogP contribution in [0.1, 0.15) is 36.0 Å². The molecule has 6 nitrogen and oxygen atoms in total. The molecule has 0 amide bonds. The number of aryl methyl sites for hydroxylation is 2. The van der Waals surface area contributed by atoms with E-state index in [2.05, 4.69) is 40.7 Å². The molecule has 30 heavy (non-hydrogen) atoms. The molecule has 1 atom stereocenters. The summed E-state index contributed by atoms with van der Waals surface area (Å²) in [5.74, 6) is 1.98. The molecule has 1 aliphatic rings. The summed E-state index contributed by atoms with van der Waals surface area (Å²) in [5, 5.41) is 16.1. The second-order valence-corrected chi connectivity index (χ2v) is 7.68. The van der Waals surface area contributed by atoms with Crippen LogP contribution in [0.25, 0.3) is 0 Å². The summed E-state index contributed by atoms with van der Waals surface area (Å²) >= 11 is 0. The normalized spacial score (nSPS) is 16.5. The lowest BCUT2D eigenvalue weighted by Crippen LogP contribution is -2.37. The Labute approximate surface area is 179 Å². The summed E-state index contributed by atoms with van der Waals surface area (Å²) in [6.07, 6.45) is 4.31. The lowest BCUT2D eigenvalue weighted by atomic mass is 10.1. The number of hydrogen-bond donors (Lipinski definition) is 3. The highest BCUT2D eigenvalue weighted by molar-refractivity contribution is 5.79. The fraction of sp³-hybridized carbons (Fsp3) is 0.458. The number of benzene rings is 2. The van der Waals surface area contributed by atoms with E-state index < -0.39 is 0 Å². The molecule has 2 aromatic rings. The lowest BCUT2D eigenvalue weighted by Gasteiger charge is -2.17. The fourth-order valence-electron chi connectivity index (χ4n) is 3.46. The van der Waals surface area contributed by atoms with Crippen molar-refractivity contribution in [3.8, 4) is 11.5 Å². The molecular weight excluding hydrogens is 378 g/mol. The molecule has 1 fully saturated rings. The first-order chi connectivity index (χ1) is 14.6. The maximum absolute atomic E-state index is 9.36. The Morgan fingerprint density at radius 1 is 1.20 bits per heavy atom. The van der Waals surface area contributed by atoms with Gasteiger partial charge in [-0.25, -0.2) is 0 Å². The maximum Gasteiger partial charge on any atom is 0.191 e. The minimum absolute atomic E-state index is 0.203. The van der Waals surface area contributed by atoms with Gasteiger partial charge in [0.15, 0.2) is 5.96 Å². The number of rotatable bonds is 9. The van der Waals surface area contributed by atoms with Gasteiger partial charge < -0.3 is 25.2 Å². The van der Waals surface area contributed by atoms with Crippen LogP contribution in [0.4, 0.5) is 0 Å². The minimum Gasteiger partial charge on any atom is -0.508 e. The van der Waals surface area contributed by atoms with Gasteiger partial charge in [-0.15, -0.1) is 0 Å². The highest BCUT2D eigenvalue weighted by Gasteiger charge is 2.17. The smallest absolute Gasteiger partial charge is 0.191 e. The molecule has 1 unspecified atom stereocenters. The second kappa shape index (κ2) is 11.5. The van der Waals surface area contributed by atoms with Gasteiger partial charge in [-0.1, -0.05) is 24.3 Å². The Balaban J connectivity index is 1.44. The first-order valence-corrected chi connectivity index (χ1v) is 10.7. The molecular formula is C24H33N3O3. The SMILES string of the molecule is CN=C(NCCCc1ccc(O)cc1)NCc1ccc(C)cc1OCC1CCCO1. The van der Waals surface area contributed by atoms with Crippen LogP contribution in [0.2, 0.25) is 0 Å². The van der Waals surface area contributed by atoms with E-state index in [1.54, 1.807) is 19.2 Å². The number of phenolic OH excluding ortho intramolecular Hbond substituents is 1. The lowest BCUT2D eigenvalue weighted by molar-refractivity contribution is 0.0676. The van der Waals surface area contributed by atoms with Gasteiger partial charge >= 0.3 is 0 Å². The van der Waals surface area contributed by atoms with Crippen molar-refractivity contribution in [2.24, 2.45) is 4.99 Å². The Kier molecular flexibility index (Phi) is 8.39. The van der Waals surface area contributed by atoms with Gasteiger partial charge in [-0.2, -0.15) is 0 Å². The highest BCUT2D eigenvalue weighted by atomic mass is 16.5. The van der Waals surface area contributed by atoms with Gasteiger partial charge in [-0.05, 0) is 61.9 Å². The number of hydrogen-bond acceptors (Lipinski definition) is 4. The Morgan fingerprint density at radius 2 is 2.03 bits per heavy atom. The maximum atomic E-state index is 9.36. The van der Waals surface area contributed by atoms with Crippen molar-refractivity contribution >= 4 is 5.96 Å². The van der Waals surface area contributed by atoms with Crippen molar-refractivity contribution in [1.29, 1.82) is 0 Å². The summed E-state index contributed by atoms with van der Waals surface area (Å²) in [7, 11) is 1.78. The van der Waals surface area contributed by atoms with Crippen molar-refractivity contribution in [2.75, 3.05) is 26.8 Å². The zero-order chi connectivity index (χ0) is 21.2. The topological polar surface area (TPSA) is 75.1 Å². The van der Waals surface area contributed by atoms with Crippen molar-refractivity contribution in [3.63, 3.8) is 0 Å². The van der Waals surface area contributed by atoms with Crippen LogP contribution in [0, 0.1) is 6.92 Å². The average Bonchev–Trinajstić information content (AvgIpc) is 3.27. The summed E-state index contributed by atoms with van der Waals surface area (Å²) in [4.78, 5) is 4.32. The molecule has 1 saturated heterocycles. The molecule has 0 radical (unpaired) electrons. The van der Waals surface area contributed by atoms with Crippen molar-refractivity contribution < 1.29 is 14.6 Å². The number of nitrogens with zero attached hydrogens (tertiary/aromatic N) is 1. The van der Waals surface area contributed by atoms with Crippen LogP contribution in [0.15, 0.2) is 47.5 Å². The molecule has 0 saturated carbocycles. The minimum atomic E-state index is 0.203. The predicted molar refractivity (Wildman–Crippen MR) is 120 cm³/mol. The molecule has 1 aliphatic heterocycles. The first-order valence-electron chi connectivity index (χ1n) is 10.7. The number of nitrogens with one attached hydrogen (secondary N) is 2. The summed E-state index contributed by atoms with van der Waals surface area (Å²) in [6.45, 7) is 4.96. The number of phenols is 1.